The van der Waals surface area contributed by atoms with E-state index in [9.17, 15) is 4.79 Å². The second-order valence-electron chi connectivity index (χ2n) is 5.67. The van der Waals surface area contributed by atoms with Crippen LogP contribution in [0.5, 0.6) is 0 Å². The average molecular weight is 319 g/mol. The molecule has 0 amide bonds. The number of unbranched alkanes of at least 4 members (excludes halogenated alkanes) is 7. The molecular weight excluding hydrogens is 280 g/mol. The van der Waals surface area contributed by atoms with Crippen molar-refractivity contribution in [1.82, 2.24) is 0 Å². The third kappa shape index (κ3) is 25.3. The maximum absolute atomic E-state index is 11.0. The minimum Gasteiger partial charge on any atom is -0.393 e. The Morgan fingerprint density at radius 3 is 1.90 bits per heavy atom. The fourth-order valence-electron chi connectivity index (χ4n) is 1.97. The van der Waals surface area contributed by atoms with Crippen LogP contribution in [0.4, 0.5) is 0 Å². The monoisotopic (exact) mass is 318 g/mol. The molecule has 1 atom stereocenters. The summed E-state index contributed by atoms with van der Waals surface area (Å²) in [5, 5.41) is 9.22. The SMILES string of the molecule is CCCCCCC(C)O.CCCCCCCC(=O)SCC. The Labute approximate surface area is 137 Å². The molecule has 0 aliphatic carbocycles. The van der Waals surface area contributed by atoms with Crippen molar-refractivity contribution in [1.29, 1.82) is 0 Å². The minimum atomic E-state index is -0.0955. The van der Waals surface area contributed by atoms with E-state index in [4.69, 9.17) is 5.11 Å². The van der Waals surface area contributed by atoms with E-state index in [0.29, 0.717) is 5.12 Å². The van der Waals surface area contributed by atoms with Crippen molar-refractivity contribution in [3.8, 4) is 0 Å². The van der Waals surface area contributed by atoms with Gasteiger partial charge >= 0.3 is 0 Å². The molecule has 0 aromatic rings. The maximum Gasteiger partial charge on any atom is 0.188 e. The molecule has 1 unspecified atom stereocenters. The lowest BCUT2D eigenvalue weighted by molar-refractivity contribution is -0.111. The Hall–Kier alpha value is -0.0200. The van der Waals surface area contributed by atoms with E-state index in [1.807, 2.05) is 13.8 Å². The number of hydrogen-bond acceptors (Lipinski definition) is 3. The molecule has 0 aromatic heterocycles. The van der Waals surface area contributed by atoms with Gasteiger partial charge in [-0.05, 0) is 25.5 Å². The molecule has 1 N–H and O–H groups in total. The van der Waals surface area contributed by atoms with Crippen LogP contribution in [0.25, 0.3) is 0 Å². The summed E-state index contributed by atoms with van der Waals surface area (Å²) in [6.07, 6.45) is 12.9. The predicted octanol–water partition coefficient (Wildman–Crippen LogP) is 5.96. The number of carbonyl (C=O) groups excluding carboxylic acids is 1. The van der Waals surface area contributed by atoms with Crippen LogP contribution in [-0.2, 0) is 4.79 Å². The highest BCUT2D eigenvalue weighted by Gasteiger charge is 1.99. The molecule has 0 heterocycles. The Morgan fingerprint density at radius 1 is 0.905 bits per heavy atom. The molecule has 0 saturated heterocycles. The van der Waals surface area contributed by atoms with Crippen LogP contribution in [-0.4, -0.2) is 22.1 Å². The first-order valence-corrected chi connectivity index (χ1v) is 9.90. The molecule has 0 saturated carbocycles. The summed E-state index contributed by atoms with van der Waals surface area (Å²) in [7, 11) is 0. The highest BCUT2D eigenvalue weighted by Crippen LogP contribution is 2.10. The van der Waals surface area contributed by atoms with Crippen molar-refractivity contribution >= 4 is 16.9 Å². The van der Waals surface area contributed by atoms with E-state index in [1.165, 1.54) is 63.1 Å². The van der Waals surface area contributed by atoms with Gasteiger partial charge in [-0.25, -0.2) is 0 Å². The van der Waals surface area contributed by atoms with Crippen molar-refractivity contribution < 1.29 is 9.90 Å². The minimum absolute atomic E-state index is 0.0955. The van der Waals surface area contributed by atoms with Crippen molar-refractivity contribution in [2.24, 2.45) is 0 Å². The molecule has 0 aliphatic rings. The molecule has 0 rings (SSSR count). The summed E-state index contributed by atoms with van der Waals surface area (Å²) in [5.74, 6) is 0.924. The standard InChI is InChI=1S/C10H20OS.C8H18O/c1-3-5-6-7-8-9-10(11)12-4-2;1-3-4-5-6-7-8(2)9/h3-9H2,1-2H3;8-9H,3-7H2,1-2H3. The highest BCUT2D eigenvalue weighted by molar-refractivity contribution is 8.13. The fraction of sp³-hybridized carbons (Fsp3) is 0.944. The topological polar surface area (TPSA) is 37.3 Å². The second kappa shape index (κ2) is 20.0. The normalized spacial score (nSPS) is 11.7. The van der Waals surface area contributed by atoms with E-state index < -0.39 is 0 Å². The second-order valence-corrected chi connectivity index (χ2v) is 6.99. The summed E-state index contributed by atoms with van der Waals surface area (Å²) >= 11 is 1.46. The molecule has 0 aliphatic heterocycles. The Balaban J connectivity index is 0. The number of aliphatic hydroxyl groups is 1. The van der Waals surface area contributed by atoms with Crippen LogP contribution in [0.2, 0.25) is 0 Å². The lowest BCUT2D eigenvalue weighted by Gasteiger charge is -2.01. The van der Waals surface area contributed by atoms with Crippen LogP contribution in [0, 0.1) is 0 Å². The lowest BCUT2D eigenvalue weighted by atomic mass is 10.1. The number of carbonyl (C=O) groups is 1. The summed E-state index contributed by atoms with van der Waals surface area (Å²) in [6.45, 7) is 8.28. The Kier molecular flexibility index (Phi) is 22.1. The van der Waals surface area contributed by atoms with Crippen LogP contribution in [0.1, 0.15) is 98.3 Å². The van der Waals surface area contributed by atoms with Crippen LogP contribution >= 0.6 is 11.8 Å². The Morgan fingerprint density at radius 2 is 1.43 bits per heavy atom. The van der Waals surface area contributed by atoms with Gasteiger partial charge in [-0.3, -0.25) is 4.79 Å². The van der Waals surface area contributed by atoms with Gasteiger partial charge in [0.25, 0.3) is 0 Å². The van der Waals surface area contributed by atoms with Gasteiger partial charge in [-0.15, -0.1) is 0 Å². The number of hydrogen-bond donors (Lipinski definition) is 1. The first kappa shape index (κ1) is 23.2. The highest BCUT2D eigenvalue weighted by atomic mass is 32.2. The predicted molar refractivity (Wildman–Crippen MR) is 97.0 cm³/mol. The molecule has 128 valence electrons. The molecule has 0 radical (unpaired) electrons. The molecule has 0 bridgehead atoms. The van der Waals surface area contributed by atoms with Crippen molar-refractivity contribution in [2.45, 2.75) is 104 Å². The van der Waals surface area contributed by atoms with Gasteiger partial charge in [0, 0.05) is 6.42 Å². The molecule has 0 fully saturated rings. The summed E-state index contributed by atoms with van der Waals surface area (Å²) in [6, 6.07) is 0. The number of rotatable bonds is 12. The van der Waals surface area contributed by atoms with E-state index in [1.54, 1.807) is 0 Å². The maximum atomic E-state index is 11.0. The van der Waals surface area contributed by atoms with Gasteiger partial charge in [0.2, 0.25) is 0 Å². The van der Waals surface area contributed by atoms with Gasteiger partial charge in [-0.2, -0.15) is 0 Å². The van der Waals surface area contributed by atoms with Crippen LogP contribution in [0.3, 0.4) is 0 Å². The van der Waals surface area contributed by atoms with E-state index in [0.717, 1.165) is 25.0 Å². The van der Waals surface area contributed by atoms with Gasteiger partial charge in [0.15, 0.2) is 5.12 Å². The van der Waals surface area contributed by atoms with E-state index >= 15 is 0 Å². The molecule has 21 heavy (non-hydrogen) atoms. The van der Waals surface area contributed by atoms with Crippen LogP contribution < -0.4 is 0 Å². The molecule has 0 spiro atoms. The number of thioether (sulfide) groups is 1. The van der Waals surface area contributed by atoms with Gasteiger partial charge in [-0.1, -0.05) is 83.9 Å². The van der Waals surface area contributed by atoms with Gasteiger partial charge in [0.05, 0.1) is 6.10 Å². The van der Waals surface area contributed by atoms with Crippen molar-refractivity contribution in [2.75, 3.05) is 5.75 Å². The third-order valence-corrected chi connectivity index (χ3v) is 4.08. The van der Waals surface area contributed by atoms with E-state index in [-0.39, 0.29) is 6.10 Å². The fourth-order valence-corrected chi connectivity index (χ4v) is 2.58. The average Bonchev–Trinajstić information content (AvgIpc) is 2.44. The number of aliphatic hydroxyl groups excluding tert-OH is 1. The van der Waals surface area contributed by atoms with Gasteiger partial charge in [0.1, 0.15) is 0 Å². The quantitative estimate of drug-likeness (QED) is 0.451. The molecule has 2 nitrogen and oxygen atoms in total. The molecule has 3 heteroatoms. The zero-order chi connectivity index (χ0) is 16.3. The largest absolute Gasteiger partial charge is 0.393 e. The Bertz CT molecular complexity index is 205. The zero-order valence-corrected chi connectivity index (χ0v) is 15.6. The summed E-state index contributed by atoms with van der Waals surface area (Å²) in [5.41, 5.74) is 0. The molecule has 0 aromatic carbocycles. The van der Waals surface area contributed by atoms with Crippen LogP contribution in [0.15, 0.2) is 0 Å². The van der Waals surface area contributed by atoms with Gasteiger partial charge < -0.3 is 5.11 Å². The first-order chi connectivity index (χ1) is 10.1. The smallest absolute Gasteiger partial charge is 0.188 e. The third-order valence-electron chi connectivity index (χ3n) is 3.27. The van der Waals surface area contributed by atoms with E-state index in [2.05, 4.69) is 13.8 Å². The van der Waals surface area contributed by atoms with Crippen molar-refractivity contribution in [3.63, 3.8) is 0 Å². The summed E-state index contributed by atoms with van der Waals surface area (Å²) in [4.78, 5) is 11.0. The molecular formula is C18H38O2S. The summed E-state index contributed by atoms with van der Waals surface area (Å²) < 4.78 is 0. The van der Waals surface area contributed by atoms with Crippen molar-refractivity contribution in [3.05, 3.63) is 0 Å². The zero-order valence-electron chi connectivity index (χ0n) is 14.8. The lowest BCUT2D eigenvalue weighted by Crippen LogP contribution is -1.97. The first-order valence-electron chi connectivity index (χ1n) is 8.92.